The average molecular weight is 359 g/mol. The number of aryl methyl sites for hydroxylation is 1. The number of primary sulfonamides is 1. The summed E-state index contributed by atoms with van der Waals surface area (Å²) in [5, 5.41) is 14.1. The first kappa shape index (κ1) is 14.7. The van der Waals surface area contributed by atoms with Gasteiger partial charge in [0.05, 0.1) is 16.7 Å². The standard InChI is InChI=1S/C11H11BrN4O3S/c1-6-8(5-14-16-6)11(17)15-7-2-3-10(9(12)4-7)20(13,18)19/h2-5H,1H3,(H,14,16)(H,15,17)(H2,13,18,19). The Bertz CT molecular complexity index is 770. The van der Waals surface area contributed by atoms with Crippen LogP contribution in [0.5, 0.6) is 0 Å². The number of aromatic nitrogens is 2. The van der Waals surface area contributed by atoms with E-state index in [1.54, 1.807) is 6.92 Å². The molecule has 0 aliphatic rings. The Hall–Kier alpha value is -1.71. The van der Waals surface area contributed by atoms with E-state index in [-0.39, 0.29) is 15.3 Å². The minimum absolute atomic E-state index is 0.0463. The summed E-state index contributed by atoms with van der Waals surface area (Å²) in [6, 6.07) is 4.24. The quantitative estimate of drug-likeness (QED) is 0.767. The first-order valence-corrected chi connectivity index (χ1v) is 7.76. The normalized spacial score (nSPS) is 11.3. The van der Waals surface area contributed by atoms with Gasteiger partial charge in [-0.3, -0.25) is 9.89 Å². The van der Waals surface area contributed by atoms with Crippen molar-refractivity contribution < 1.29 is 13.2 Å². The van der Waals surface area contributed by atoms with Gasteiger partial charge in [-0.05, 0) is 41.1 Å². The molecule has 0 spiro atoms. The van der Waals surface area contributed by atoms with Crippen LogP contribution in [0.4, 0.5) is 5.69 Å². The van der Waals surface area contributed by atoms with Gasteiger partial charge in [0.25, 0.3) is 5.91 Å². The summed E-state index contributed by atoms with van der Waals surface area (Å²) >= 11 is 3.11. The van der Waals surface area contributed by atoms with Gasteiger partial charge in [-0.25, -0.2) is 13.6 Å². The molecule has 0 bridgehead atoms. The van der Waals surface area contributed by atoms with E-state index in [1.165, 1.54) is 24.4 Å². The maximum atomic E-state index is 12.0. The van der Waals surface area contributed by atoms with Crippen molar-refractivity contribution in [2.24, 2.45) is 5.14 Å². The van der Waals surface area contributed by atoms with Crippen LogP contribution in [0.1, 0.15) is 16.1 Å². The number of rotatable bonds is 3. The molecule has 0 fully saturated rings. The van der Waals surface area contributed by atoms with Gasteiger partial charge in [0.1, 0.15) is 0 Å². The van der Waals surface area contributed by atoms with Crippen LogP contribution >= 0.6 is 15.9 Å². The Balaban J connectivity index is 2.26. The van der Waals surface area contributed by atoms with Crippen LogP contribution < -0.4 is 10.5 Å². The summed E-state index contributed by atoms with van der Waals surface area (Å²) in [5.74, 6) is -0.341. The molecule has 20 heavy (non-hydrogen) atoms. The van der Waals surface area contributed by atoms with Crippen LogP contribution in [0.15, 0.2) is 33.8 Å². The highest BCUT2D eigenvalue weighted by Gasteiger charge is 2.15. The van der Waals surface area contributed by atoms with Crippen molar-refractivity contribution in [3.63, 3.8) is 0 Å². The maximum Gasteiger partial charge on any atom is 0.259 e. The molecule has 1 heterocycles. The number of H-pyrrole nitrogens is 1. The Morgan fingerprint density at radius 2 is 2.15 bits per heavy atom. The number of anilines is 1. The third-order valence-electron chi connectivity index (χ3n) is 2.57. The lowest BCUT2D eigenvalue weighted by molar-refractivity contribution is 0.102. The van der Waals surface area contributed by atoms with E-state index in [2.05, 4.69) is 31.4 Å². The van der Waals surface area contributed by atoms with E-state index < -0.39 is 10.0 Å². The zero-order valence-corrected chi connectivity index (χ0v) is 12.7. The van der Waals surface area contributed by atoms with Crippen molar-refractivity contribution >= 4 is 37.5 Å². The molecule has 1 aromatic carbocycles. The monoisotopic (exact) mass is 358 g/mol. The van der Waals surface area contributed by atoms with E-state index in [0.29, 0.717) is 16.9 Å². The lowest BCUT2D eigenvalue weighted by atomic mass is 10.2. The highest BCUT2D eigenvalue weighted by molar-refractivity contribution is 9.10. The number of hydrogen-bond donors (Lipinski definition) is 3. The molecule has 2 aromatic rings. The molecule has 0 atom stereocenters. The Kier molecular flexibility index (Phi) is 3.93. The van der Waals surface area contributed by atoms with Gasteiger partial charge >= 0.3 is 0 Å². The van der Waals surface area contributed by atoms with Gasteiger partial charge in [0, 0.05) is 15.9 Å². The first-order valence-electron chi connectivity index (χ1n) is 5.42. The van der Waals surface area contributed by atoms with Gasteiger partial charge < -0.3 is 5.32 Å². The molecule has 0 aliphatic carbocycles. The van der Waals surface area contributed by atoms with Crippen molar-refractivity contribution in [1.82, 2.24) is 10.2 Å². The molecule has 0 radical (unpaired) electrons. The van der Waals surface area contributed by atoms with Crippen molar-refractivity contribution in [3.05, 3.63) is 40.1 Å². The molecule has 0 saturated carbocycles. The van der Waals surface area contributed by atoms with Crippen LogP contribution in [0.3, 0.4) is 0 Å². The van der Waals surface area contributed by atoms with Gasteiger partial charge in [0.15, 0.2) is 0 Å². The Morgan fingerprint density at radius 1 is 1.45 bits per heavy atom. The van der Waals surface area contributed by atoms with E-state index >= 15 is 0 Å². The van der Waals surface area contributed by atoms with Crippen LogP contribution in [0.2, 0.25) is 0 Å². The number of sulfonamides is 1. The summed E-state index contributed by atoms with van der Waals surface area (Å²) in [7, 11) is -3.80. The molecule has 9 heteroatoms. The summed E-state index contributed by atoms with van der Waals surface area (Å²) in [5.41, 5.74) is 1.49. The summed E-state index contributed by atoms with van der Waals surface area (Å²) in [4.78, 5) is 11.9. The third-order valence-corrected chi connectivity index (χ3v) is 4.46. The highest BCUT2D eigenvalue weighted by Crippen LogP contribution is 2.25. The van der Waals surface area contributed by atoms with Gasteiger partial charge in [-0.15, -0.1) is 0 Å². The number of hydrogen-bond acceptors (Lipinski definition) is 4. The SMILES string of the molecule is Cc1[nH]ncc1C(=O)Nc1ccc(S(N)(=O)=O)c(Br)c1. The second kappa shape index (κ2) is 5.35. The summed E-state index contributed by atoms with van der Waals surface area (Å²) in [6.07, 6.45) is 1.42. The Morgan fingerprint density at radius 3 is 2.65 bits per heavy atom. The lowest BCUT2D eigenvalue weighted by Crippen LogP contribution is -2.14. The molecule has 0 unspecified atom stereocenters. The molecule has 0 saturated heterocycles. The molecule has 4 N–H and O–H groups in total. The largest absolute Gasteiger partial charge is 0.322 e. The zero-order chi connectivity index (χ0) is 14.9. The molecular weight excluding hydrogens is 348 g/mol. The van der Waals surface area contributed by atoms with Crippen LogP contribution in [0, 0.1) is 6.92 Å². The minimum Gasteiger partial charge on any atom is -0.322 e. The molecule has 1 amide bonds. The number of benzene rings is 1. The predicted octanol–water partition coefficient (Wildman–Crippen LogP) is 1.38. The molecule has 106 valence electrons. The fraction of sp³-hybridized carbons (Fsp3) is 0.0909. The molecule has 0 aliphatic heterocycles. The second-order valence-corrected chi connectivity index (χ2v) is 6.44. The highest BCUT2D eigenvalue weighted by atomic mass is 79.9. The Labute approximate surface area is 123 Å². The van der Waals surface area contributed by atoms with E-state index in [0.717, 1.165) is 0 Å². The van der Waals surface area contributed by atoms with Gasteiger partial charge in [-0.2, -0.15) is 5.10 Å². The van der Waals surface area contributed by atoms with Crippen molar-refractivity contribution in [2.75, 3.05) is 5.32 Å². The fourth-order valence-corrected chi connectivity index (χ4v) is 3.23. The fourth-order valence-electron chi connectivity index (χ4n) is 1.59. The minimum atomic E-state index is -3.80. The number of aromatic amines is 1. The molecule has 2 rings (SSSR count). The number of nitrogens with one attached hydrogen (secondary N) is 2. The van der Waals surface area contributed by atoms with E-state index in [4.69, 9.17) is 5.14 Å². The third kappa shape index (κ3) is 3.06. The summed E-state index contributed by atoms with van der Waals surface area (Å²) in [6.45, 7) is 1.72. The number of nitrogens with zero attached hydrogens (tertiary/aromatic N) is 1. The molecule has 1 aromatic heterocycles. The first-order chi connectivity index (χ1) is 9.29. The average Bonchev–Trinajstić information content (AvgIpc) is 2.73. The van der Waals surface area contributed by atoms with E-state index in [9.17, 15) is 13.2 Å². The summed E-state index contributed by atoms with van der Waals surface area (Å²) < 4.78 is 22.8. The van der Waals surface area contributed by atoms with Gasteiger partial charge in [0.2, 0.25) is 10.0 Å². The second-order valence-electron chi connectivity index (χ2n) is 4.05. The smallest absolute Gasteiger partial charge is 0.259 e. The van der Waals surface area contributed by atoms with Crippen LogP contribution in [0.25, 0.3) is 0 Å². The van der Waals surface area contributed by atoms with Crippen molar-refractivity contribution in [2.45, 2.75) is 11.8 Å². The number of nitrogens with two attached hydrogens (primary N) is 1. The number of halogens is 1. The van der Waals surface area contributed by atoms with Crippen LogP contribution in [-0.4, -0.2) is 24.5 Å². The topological polar surface area (TPSA) is 118 Å². The van der Waals surface area contributed by atoms with E-state index in [1.807, 2.05) is 0 Å². The maximum absolute atomic E-state index is 12.0. The van der Waals surface area contributed by atoms with Crippen LogP contribution in [-0.2, 0) is 10.0 Å². The zero-order valence-electron chi connectivity index (χ0n) is 10.3. The van der Waals surface area contributed by atoms with Crippen molar-refractivity contribution in [3.8, 4) is 0 Å². The number of carbonyl (C=O) groups excluding carboxylic acids is 1. The van der Waals surface area contributed by atoms with Crippen molar-refractivity contribution in [1.29, 1.82) is 0 Å². The predicted molar refractivity (Wildman–Crippen MR) is 76.8 cm³/mol. The van der Waals surface area contributed by atoms with Gasteiger partial charge in [-0.1, -0.05) is 0 Å². The molecular formula is C11H11BrN4O3S. The molecule has 7 nitrogen and oxygen atoms in total. The number of carbonyl (C=O) groups is 1. The lowest BCUT2D eigenvalue weighted by Gasteiger charge is -2.07. The number of amides is 1.